The van der Waals surface area contributed by atoms with Gasteiger partial charge in [0, 0.05) is 17.8 Å². The maximum Gasteiger partial charge on any atom is 0.326 e. The zero-order valence-electron chi connectivity index (χ0n) is 15.8. The maximum atomic E-state index is 12.4. The van der Waals surface area contributed by atoms with Crippen LogP contribution in [0.15, 0.2) is 24.3 Å². The number of nitro benzene ring substituents is 1. The van der Waals surface area contributed by atoms with Gasteiger partial charge in [-0.25, -0.2) is 0 Å². The second-order valence-corrected chi connectivity index (χ2v) is 7.19. The van der Waals surface area contributed by atoms with E-state index in [1.807, 2.05) is 0 Å². The Balaban J connectivity index is 1.55. The minimum Gasteiger partial charge on any atom is -0.451 e. The van der Waals surface area contributed by atoms with Crippen LogP contribution in [0.5, 0.6) is 0 Å². The van der Waals surface area contributed by atoms with Gasteiger partial charge >= 0.3 is 5.97 Å². The molecule has 1 aliphatic heterocycles. The summed E-state index contributed by atoms with van der Waals surface area (Å²) in [7, 11) is 0. The first kappa shape index (κ1) is 20.4. The van der Waals surface area contributed by atoms with Gasteiger partial charge in [0.1, 0.15) is 6.54 Å². The third kappa shape index (κ3) is 4.41. The van der Waals surface area contributed by atoms with Gasteiger partial charge in [0.05, 0.1) is 16.8 Å². The molecule has 1 aromatic carbocycles. The summed E-state index contributed by atoms with van der Waals surface area (Å²) in [6, 6.07) is 5.33. The van der Waals surface area contributed by atoms with Crippen molar-refractivity contribution < 1.29 is 28.8 Å². The molecule has 29 heavy (non-hydrogen) atoms. The molecule has 0 bridgehead atoms. The van der Waals surface area contributed by atoms with E-state index in [-0.39, 0.29) is 35.0 Å². The minimum absolute atomic E-state index is 0.182. The van der Waals surface area contributed by atoms with Crippen LogP contribution in [0.1, 0.15) is 32.6 Å². The summed E-state index contributed by atoms with van der Waals surface area (Å²) in [6.45, 7) is 0.803. The number of esters is 1. The van der Waals surface area contributed by atoms with E-state index in [9.17, 15) is 29.3 Å². The number of nitro groups is 1. The molecule has 1 saturated carbocycles. The number of nitrogens with one attached hydrogen (secondary N) is 1. The van der Waals surface area contributed by atoms with Crippen LogP contribution in [0.3, 0.4) is 0 Å². The Hall–Kier alpha value is -3.30. The molecule has 10 nitrogen and oxygen atoms in total. The lowest BCUT2D eigenvalue weighted by Crippen LogP contribution is -2.39. The molecule has 2 aliphatic rings. The first-order valence-electron chi connectivity index (χ1n) is 9.38. The summed E-state index contributed by atoms with van der Waals surface area (Å²) < 4.78 is 5.04. The van der Waals surface area contributed by atoms with Crippen LogP contribution < -0.4 is 5.32 Å². The van der Waals surface area contributed by atoms with Crippen LogP contribution >= 0.6 is 0 Å². The van der Waals surface area contributed by atoms with Crippen LogP contribution in [0.25, 0.3) is 0 Å². The van der Waals surface area contributed by atoms with Crippen molar-refractivity contribution in [2.75, 3.05) is 11.9 Å². The largest absolute Gasteiger partial charge is 0.451 e. The van der Waals surface area contributed by atoms with Gasteiger partial charge in [-0.2, -0.15) is 0 Å². The van der Waals surface area contributed by atoms with E-state index >= 15 is 0 Å². The number of hydrogen-bond donors (Lipinski definition) is 1. The smallest absolute Gasteiger partial charge is 0.326 e. The molecule has 1 aromatic rings. The Bertz CT molecular complexity index is 845. The number of anilines is 1. The van der Waals surface area contributed by atoms with Crippen molar-refractivity contribution in [3.8, 4) is 0 Å². The molecule has 0 radical (unpaired) electrons. The summed E-state index contributed by atoms with van der Waals surface area (Å²) in [5.41, 5.74) is -0.0129. The van der Waals surface area contributed by atoms with Gasteiger partial charge in [0.25, 0.3) is 11.6 Å². The number of fused-ring (bicyclic) bond motifs is 1. The van der Waals surface area contributed by atoms with E-state index < -0.39 is 29.4 Å². The number of non-ortho nitro benzene ring substituents is 1. The SMILES string of the molecule is CC(OC(=O)CN1C(=O)C2CCCCC2C1=O)C(=O)Nc1cccc([N+](=O)[O-])c1. The fourth-order valence-electron chi connectivity index (χ4n) is 3.74. The third-order valence-electron chi connectivity index (χ3n) is 5.22. The van der Waals surface area contributed by atoms with Gasteiger partial charge in [-0.15, -0.1) is 0 Å². The fourth-order valence-corrected chi connectivity index (χ4v) is 3.74. The molecule has 3 atom stereocenters. The summed E-state index contributed by atoms with van der Waals surface area (Å²) in [4.78, 5) is 60.3. The van der Waals surface area contributed by atoms with Gasteiger partial charge in [0.15, 0.2) is 6.10 Å². The Morgan fingerprint density at radius 3 is 2.45 bits per heavy atom. The van der Waals surface area contributed by atoms with Gasteiger partial charge in [0.2, 0.25) is 11.8 Å². The number of carbonyl (C=O) groups excluding carboxylic acids is 4. The minimum atomic E-state index is -1.21. The number of hydrogen-bond acceptors (Lipinski definition) is 7. The summed E-state index contributed by atoms with van der Waals surface area (Å²) in [6.07, 6.45) is 1.84. The van der Waals surface area contributed by atoms with Gasteiger partial charge in [-0.3, -0.25) is 34.2 Å². The predicted octanol–water partition coefficient (Wildman–Crippen LogP) is 1.64. The standard InChI is InChI=1S/C19H21N3O7/c1-11(17(24)20-12-5-4-6-13(9-12)22(27)28)29-16(23)10-21-18(25)14-7-2-3-8-15(14)19(21)26/h4-6,9,11,14-15H,2-3,7-8,10H2,1H3,(H,20,24). The van der Waals surface area contributed by atoms with Crippen molar-refractivity contribution in [3.63, 3.8) is 0 Å². The molecule has 1 N–H and O–H groups in total. The van der Waals surface area contributed by atoms with E-state index in [4.69, 9.17) is 4.74 Å². The van der Waals surface area contributed by atoms with Crippen LogP contribution in [0, 0.1) is 22.0 Å². The van der Waals surface area contributed by atoms with Crippen molar-refractivity contribution in [2.24, 2.45) is 11.8 Å². The number of likely N-dealkylation sites (tertiary alicyclic amines) is 1. The molecule has 0 spiro atoms. The third-order valence-corrected chi connectivity index (χ3v) is 5.22. The molecular weight excluding hydrogens is 382 g/mol. The first-order chi connectivity index (χ1) is 13.8. The molecule has 3 rings (SSSR count). The summed E-state index contributed by atoms with van der Waals surface area (Å²) in [5.74, 6) is -2.99. The molecule has 3 amide bonds. The molecule has 3 unspecified atom stereocenters. The number of amides is 3. The second-order valence-electron chi connectivity index (χ2n) is 7.19. The van der Waals surface area contributed by atoms with Gasteiger partial charge < -0.3 is 10.1 Å². The molecule has 1 aliphatic carbocycles. The van der Waals surface area contributed by atoms with Crippen LogP contribution in [-0.4, -0.2) is 46.2 Å². The highest BCUT2D eigenvalue weighted by Gasteiger charge is 2.48. The Labute approximate surface area is 166 Å². The molecule has 10 heteroatoms. The van der Waals surface area contributed by atoms with Crippen LogP contribution in [-0.2, 0) is 23.9 Å². The van der Waals surface area contributed by atoms with E-state index in [1.165, 1.54) is 31.2 Å². The second kappa shape index (κ2) is 8.38. The fraction of sp³-hybridized carbons (Fsp3) is 0.474. The Morgan fingerprint density at radius 2 is 1.86 bits per heavy atom. The highest BCUT2D eigenvalue weighted by Crippen LogP contribution is 2.37. The molecule has 1 saturated heterocycles. The number of rotatable bonds is 6. The molecule has 0 aromatic heterocycles. The average Bonchev–Trinajstić information content (AvgIpc) is 2.93. The van der Waals surface area contributed by atoms with Crippen molar-refractivity contribution in [1.29, 1.82) is 0 Å². The molecule has 1 heterocycles. The number of nitrogens with zero attached hydrogens (tertiary/aromatic N) is 2. The van der Waals surface area contributed by atoms with Crippen molar-refractivity contribution in [2.45, 2.75) is 38.7 Å². The lowest BCUT2D eigenvalue weighted by Gasteiger charge is -2.19. The quantitative estimate of drug-likeness (QED) is 0.330. The zero-order chi connectivity index (χ0) is 21.1. The Kier molecular flexibility index (Phi) is 5.90. The van der Waals surface area contributed by atoms with Crippen LogP contribution in [0.4, 0.5) is 11.4 Å². The predicted molar refractivity (Wildman–Crippen MR) is 99.4 cm³/mol. The normalized spacial score (nSPS) is 22.0. The number of carbonyl (C=O) groups is 4. The van der Waals surface area contributed by atoms with Gasteiger partial charge in [-0.05, 0) is 25.8 Å². The lowest BCUT2D eigenvalue weighted by atomic mass is 9.81. The Morgan fingerprint density at radius 1 is 1.24 bits per heavy atom. The summed E-state index contributed by atoms with van der Waals surface area (Å²) >= 11 is 0. The number of ether oxygens (including phenoxy) is 1. The number of benzene rings is 1. The van der Waals surface area contributed by atoms with Crippen molar-refractivity contribution >= 4 is 35.1 Å². The number of imide groups is 1. The topological polar surface area (TPSA) is 136 Å². The highest BCUT2D eigenvalue weighted by molar-refractivity contribution is 6.07. The van der Waals surface area contributed by atoms with Gasteiger partial charge in [-0.1, -0.05) is 18.9 Å². The van der Waals surface area contributed by atoms with E-state index in [1.54, 1.807) is 0 Å². The average molecular weight is 403 g/mol. The molecular formula is C19H21N3O7. The van der Waals surface area contributed by atoms with Crippen molar-refractivity contribution in [3.05, 3.63) is 34.4 Å². The van der Waals surface area contributed by atoms with Crippen molar-refractivity contribution in [1.82, 2.24) is 4.90 Å². The monoisotopic (exact) mass is 403 g/mol. The first-order valence-corrected chi connectivity index (χ1v) is 9.38. The lowest BCUT2D eigenvalue weighted by molar-refractivity contribution is -0.384. The van der Waals surface area contributed by atoms with E-state index in [0.717, 1.165) is 17.7 Å². The zero-order valence-corrected chi connectivity index (χ0v) is 15.8. The van der Waals surface area contributed by atoms with Crippen LogP contribution in [0.2, 0.25) is 0 Å². The van der Waals surface area contributed by atoms with E-state index in [2.05, 4.69) is 5.32 Å². The maximum absolute atomic E-state index is 12.4. The summed E-state index contributed by atoms with van der Waals surface area (Å²) in [5, 5.41) is 13.2. The molecule has 154 valence electrons. The van der Waals surface area contributed by atoms with E-state index in [0.29, 0.717) is 12.8 Å². The highest BCUT2D eigenvalue weighted by atomic mass is 16.6. The molecule has 2 fully saturated rings.